The summed E-state index contributed by atoms with van der Waals surface area (Å²) < 4.78 is 9.23. The largest absolute Gasteiger partial charge is 0.385 e. The topological polar surface area (TPSA) is 42.5 Å². The molecule has 0 aromatic rings. The summed E-state index contributed by atoms with van der Waals surface area (Å²) in [6.45, 7) is 12.2. The highest BCUT2D eigenvalue weighted by Gasteiger charge is 1.66. The van der Waals surface area contributed by atoms with Crippen LogP contribution in [0.3, 0.4) is 0 Å². The van der Waals surface area contributed by atoms with Crippen LogP contribution in [0, 0.1) is 0 Å². The van der Waals surface area contributed by atoms with Crippen molar-refractivity contribution in [2.45, 2.75) is 40.5 Å². The van der Waals surface area contributed by atoms with Crippen LogP contribution in [0.15, 0.2) is 0 Å². The van der Waals surface area contributed by atoms with Gasteiger partial charge in [0, 0.05) is 27.4 Å². The van der Waals surface area contributed by atoms with E-state index in [4.69, 9.17) is 4.74 Å². The van der Waals surface area contributed by atoms with Gasteiger partial charge in [0.25, 0.3) is 0 Å². The minimum Gasteiger partial charge on any atom is -0.385 e. The Hall–Kier alpha value is -0.160. The number of hydrogen-bond donors (Lipinski definition) is 2. The molecule has 0 aromatic carbocycles. The lowest BCUT2D eigenvalue weighted by Gasteiger charge is -1.84. The Morgan fingerprint density at radius 1 is 0.778 bits per heavy atom. The van der Waals surface area contributed by atoms with Crippen molar-refractivity contribution in [3.05, 3.63) is 0 Å². The van der Waals surface area contributed by atoms with E-state index in [0.717, 1.165) is 32.7 Å². The summed E-state index contributed by atoms with van der Waals surface area (Å²) in [7, 11) is 7.28. The Balaban J connectivity index is -0.0000000731. The Kier molecular flexibility index (Phi) is 64.0. The molecule has 0 amide bonds. The van der Waals surface area contributed by atoms with E-state index in [2.05, 4.69) is 36.1 Å². The van der Waals surface area contributed by atoms with Crippen molar-refractivity contribution >= 4 is 0 Å². The second kappa shape index (κ2) is 43.6. The summed E-state index contributed by atoms with van der Waals surface area (Å²) in [5.74, 6) is 0. The summed E-state index contributed by atoms with van der Waals surface area (Å²) in [4.78, 5) is 0. The zero-order valence-corrected chi connectivity index (χ0v) is 14.1. The molecule has 0 unspecified atom stereocenters. The number of ether oxygens (including phenoxy) is 2. The van der Waals surface area contributed by atoms with Crippen molar-refractivity contribution in [3.8, 4) is 0 Å². The van der Waals surface area contributed by atoms with Gasteiger partial charge in [-0.05, 0) is 47.0 Å². The van der Waals surface area contributed by atoms with Gasteiger partial charge in [-0.15, -0.1) is 0 Å². The number of hydrogen-bond acceptors (Lipinski definition) is 4. The molecule has 2 N–H and O–H groups in total. The van der Waals surface area contributed by atoms with E-state index in [1.807, 2.05) is 21.0 Å². The van der Waals surface area contributed by atoms with Crippen LogP contribution in [0.1, 0.15) is 40.5 Å². The minimum absolute atomic E-state index is 0.819. The van der Waals surface area contributed by atoms with Crippen LogP contribution in [0.25, 0.3) is 0 Å². The maximum Gasteiger partial charge on any atom is 0.0459 e. The lowest BCUT2D eigenvalue weighted by atomic mass is 10.5. The molecule has 0 saturated heterocycles. The van der Waals surface area contributed by atoms with Gasteiger partial charge in [-0.3, -0.25) is 0 Å². The van der Waals surface area contributed by atoms with E-state index in [1.165, 1.54) is 6.42 Å². The van der Waals surface area contributed by atoms with Crippen molar-refractivity contribution in [3.63, 3.8) is 0 Å². The third-order valence-corrected chi connectivity index (χ3v) is 1.55. The average molecular weight is 266 g/mol. The van der Waals surface area contributed by atoms with Crippen molar-refractivity contribution in [2.75, 3.05) is 54.6 Å². The molecule has 0 saturated carbocycles. The van der Waals surface area contributed by atoms with Crippen LogP contribution in [0.2, 0.25) is 0 Å². The maximum atomic E-state index is 4.69. The molecule has 0 aliphatic heterocycles. The van der Waals surface area contributed by atoms with Crippen LogP contribution < -0.4 is 10.6 Å². The number of rotatable bonds is 6. The summed E-state index contributed by atoms with van der Waals surface area (Å²) in [6, 6.07) is 0. The van der Waals surface area contributed by atoms with Crippen LogP contribution in [-0.4, -0.2) is 54.6 Å². The third-order valence-electron chi connectivity index (χ3n) is 1.55. The molecule has 0 rings (SSSR count). The smallest absolute Gasteiger partial charge is 0.0459 e. The van der Waals surface area contributed by atoms with Crippen molar-refractivity contribution in [2.24, 2.45) is 0 Å². The van der Waals surface area contributed by atoms with Gasteiger partial charge < -0.3 is 20.1 Å². The molecule has 0 fully saturated rings. The lowest BCUT2D eigenvalue weighted by molar-refractivity contribution is 0.199. The van der Waals surface area contributed by atoms with Gasteiger partial charge in [-0.2, -0.15) is 0 Å². The molecular weight excluding hydrogens is 228 g/mol. The fourth-order valence-corrected chi connectivity index (χ4v) is 0.454. The molecule has 0 heterocycles. The molecule has 116 valence electrons. The van der Waals surface area contributed by atoms with E-state index in [0.29, 0.717) is 0 Å². The van der Waals surface area contributed by atoms with Gasteiger partial charge in [-0.1, -0.05) is 20.8 Å². The molecule has 0 spiro atoms. The molecule has 0 aliphatic rings. The van der Waals surface area contributed by atoms with Gasteiger partial charge in [0.05, 0.1) is 0 Å². The van der Waals surface area contributed by atoms with Gasteiger partial charge in [0.15, 0.2) is 0 Å². The van der Waals surface area contributed by atoms with E-state index >= 15 is 0 Å². The van der Waals surface area contributed by atoms with E-state index < -0.39 is 0 Å². The van der Waals surface area contributed by atoms with E-state index in [-0.39, 0.29) is 0 Å². The Bertz CT molecular complexity index is 66.2. The van der Waals surface area contributed by atoms with Crippen molar-refractivity contribution < 1.29 is 9.47 Å². The monoisotopic (exact) mass is 266 g/mol. The second-order valence-corrected chi connectivity index (χ2v) is 3.38. The van der Waals surface area contributed by atoms with Crippen LogP contribution in [0.5, 0.6) is 0 Å². The summed E-state index contributed by atoms with van der Waals surface area (Å²) >= 11 is 0. The predicted octanol–water partition coefficient (Wildman–Crippen LogP) is 2.54. The first-order chi connectivity index (χ1) is 8.66. The van der Waals surface area contributed by atoms with Gasteiger partial charge >= 0.3 is 0 Å². The minimum atomic E-state index is 0.819. The molecule has 0 bridgehead atoms. The molecule has 0 aromatic heterocycles. The molecule has 4 nitrogen and oxygen atoms in total. The van der Waals surface area contributed by atoms with Gasteiger partial charge in [0.2, 0.25) is 0 Å². The molecule has 4 heteroatoms. The lowest BCUT2D eigenvalue weighted by Crippen LogP contribution is -2.04. The fraction of sp³-hybridized carbons (Fsp3) is 1.00. The third kappa shape index (κ3) is 102. The summed E-state index contributed by atoms with van der Waals surface area (Å²) in [5.41, 5.74) is 0. The van der Waals surface area contributed by atoms with Crippen LogP contribution >= 0.6 is 0 Å². The van der Waals surface area contributed by atoms with Gasteiger partial charge in [0.1, 0.15) is 0 Å². The van der Waals surface area contributed by atoms with Crippen LogP contribution in [0.4, 0.5) is 0 Å². The van der Waals surface area contributed by atoms with Crippen molar-refractivity contribution in [1.82, 2.24) is 10.6 Å². The SMILES string of the molecule is CCCNC.CCCOC.CCNC.CCOC. The van der Waals surface area contributed by atoms with E-state index in [1.54, 1.807) is 14.2 Å². The first kappa shape index (κ1) is 26.4. The van der Waals surface area contributed by atoms with Gasteiger partial charge in [-0.25, -0.2) is 0 Å². The maximum absolute atomic E-state index is 4.69. The molecule has 0 aliphatic carbocycles. The predicted molar refractivity (Wildman–Crippen MR) is 83.5 cm³/mol. The number of nitrogens with one attached hydrogen (secondary N) is 2. The van der Waals surface area contributed by atoms with Crippen LogP contribution in [-0.2, 0) is 9.47 Å². The quantitative estimate of drug-likeness (QED) is 0.775. The number of methoxy groups -OCH3 is 2. The Morgan fingerprint density at radius 2 is 1.22 bits per heavy atom. The van der Waals surface area contributed by atoms with Crippen molar-refractivity contribution in [1.29, 1.82) is 0 Å². The highest BCUT2D eigenvalue weighted by molar-refractivity contribution is 4.28. The molecule has 0 radical (unpaired) electrons. The molecule has 18 heavy (non-hydrogen) atoms. The fourth-order valence-electron chi connectivity index (χ4n) is 0.454. The highest BCUT2D eigenvalue weighted by atomic mass is 16.5. The second-order valence-electron chi connectivity index (χ2n) is 3.38. The molecular formula is C14H38N2O2. The zero-order chi connectivity index (χ0) is 15.1. The Labute approximate surface area is 116 Å². The molecule has 0 atom stereocenters. The average Bonchev–Trinajstić information content (AvgIpc) is 2.42. The van der Waals surface area contributed by atoms with E-state index in [9.17, 15) is 0 Å². The standard InChI is InChI=1S/C4H11N.C4H10O.C3H9N.C3H8O/c2*1-3-4-5-2;2*1-3-4-2/h5H,3-4H2,1-2H3;3-4H2,1-2H3;4H,3H2,1-2H3;3H2,1-2H3. The Morgan fingerprint density at radius 3 is 1.22 bits per heavy atom. The summed E-state index contributed by atoms with van der Waals surface area (Å²) in [6.07, 6.45) is 2.35. The summed E-state index contributed by atoms with van der Waals surface area (Å²) in [5, 5.41) is 5.95. The first-order valence-electron chi connectivity index (χ1n) is 6.93. The first-order valence-corrected chi connectivity index (χ1v) is 6.93. The zero-order valence-electron chi connectivity index (χ0n) is 14.1. The normalized spacial score (nSPS) is 8.00. The highest BCUT2D eigenvalue weighted by Crippen LogP contribution is 1.70.